The summed E-state index contributed by atoms with van der Waals surface area (Å²) in [5, 5.41) is 11.3. The summed E-state index contributed by atoms with van der Waals surface area (Å²) in [7, 11) is 0. The monoisotopic (exact) mass is 293 g/mol. The van der Waals surface area contributed by atoms with Crippen LogP contribution >= 0.6 is 22.9 Å². The van der Waals surface area contributed by atoms with Gasteiger partial charge >= 0.3 is 0 Å². The first-order valence-corrected chi connectivity index (χ1v) is 7.67. The van der Waals surface area contributed by atoms with E-state index in [-0.39, 0.29) is 0 Å². The lowest BCUT2D eigenvalue weighted by Crippen LogP contribution is -2.19. The summed E-state index contributed by atoms with van der Waals surface area (Å²) in [6, 6.07) is 8.18. The molecule has 1 atom stereocenters. The molecule has 0 N–H and O–H groups in total. The first-order valence-electron chi connectivity index (χ1n) is 6.48. The highest BCUT2D eigenvalue weighted by Crippen LogP contribution is 2.32. The molecule has 1 aromatic carbocycles. The SMILES string of the molecule is Cc1nnc(CN2CC[C@@H](c3ccccc3Cl)C2)s1. The number of halogens is 1. The van der Waals surface area contributed by atoms with E-state index in [0.717, 1.165) is 34.7 Å². The van der Waals surface area contributed by atoms with Gasteiger partial charge in [0.2, 0.25) is 0 Å². The van der Waals surface area contributed by atoms with Crippen molar-refractivity contribution in [3.05, 3.63) is 44.9 Å². The molecule has 1 saturated heterocycles. The maximum Gasteiger partial charge on any atom is 0.131 e. The number of rotatable bonds is 3. The van der Waals surface area contributed by atoms with Crippen molar-refractivity contribution in [3.8, 4) is 0 Å². The molecule has 0 amide bonds. The zero-order chi connectivity index (χ0) is 13.2. The quantitative estimate of drug-likeness (QED) is 0.867. The molecular weight excluding hydrogens is 278 g/mol. The lowest BCUT2D eigenvalue weighted by molar-refractivity contribution is 0.325. The van der Waals surface area contributed by atoms with Crippen molar-refractivity contribution < 1.29 is 0 Å². The number of hydrogen-bond acceptors (Lipinski definition) is 4. The largest absolute Gasteiger partial charge is 0.296 e. The van der Waals surface area contributed by atoms with Crippen molar-refractivity contribution in [2.75, 3.05) is 13.1 Å². The predicted molar refractivity (Wildman–Crippen MR) is 78.7 cm³/mol. The average Bonchev–Trinajstić information content (AvgIpc) is 3.00. The van der Waals surface area contributed by atoms with Gasteiger partial charge in [0.25, 0.3) is 0 Å². The maximum atomic E-state index is 6.28. The van der Waals surface area contributed by atoms with Crippen LogP contribution in [-0.4, -0.2) is 28.2 Å². The summed E-state index contributed by atoms with van der Waals surface area (Å²) in [4.78, 5) is 2.44. The molecule has 0 unspecified atom stereocenters. The highest BCUT2D eigenvalue weighted by molar-refractivity contribution is 7.11. The number of aryl methyl sites for hydroxylation is 1. The van der Waals surface area contributed by atoms with E-state index < -0.39 is 0 Å². The molecule has 1 fully saturated rings. The van der Waals surface area contributed by atoms with Gasteiger partial charge < -0.3 is 0 Å². The van der Waals surface area contributed by atoms with E-state index in [4.69, 9.17) is 11.6 Å². The number of benzene rings is 1. The first kappa shape index (κ1) is 13.0. The lowest BCUT2D eigenvalue weighted by Gasteiger charge is -2.15. The van der Waals surface area contributed by atoms with Gasteiger partial charge in [0.1, 0.15) is 10.0 Å². The molecule has 5 heteroatoms. The number of likely N-dealkylation sites (tertiary alicyclic amines) is 1. The zero-order valence-corrected chi connectivity index (χ0v) is 12.4. The van der Waals surface area contributed by atoms with Crippen molar-refractivity contribution in [3.63, 3.8) is 0 Å². The molecule has 2 aromatic rings. The van der Waals surface area contributed by atoms with Crippen LogP contribution < -0.4 is 0 Å². The summed E-state index contributed by atoms with van der Waals surface area (Å²) in [6.07, 6.45) is 1.17. The molecule has 0 radical (unpaired) electrons. The van der Waals surface area contributed by atoms with E-state index in [0.29, 0.717) is 5.92 Å². The molecule has 19 heavy (non-hydrogen) atoms. The highest BCUT2D eigenvalue weighted by Gasteiger charge is 2.25. The van der Waals surface area contributed by atoms with Gasteiger partial charge in [-0.2, -0.15) is 0 Å². The third kappa shape index (κ3) is 2.96. The molecular formula is C14H16ClN3S. The smallest absolute Gasteiger partial charge is 0.131 e. The molecule has 1 aromatic heterocycles. The van der Waals surface area contributed by atoms with E-state index in [2.05, 4.69) is 27.2 Å². The average molecular weight is 294 g/mol. The Morgan fingerprint density at radius 2 is 2.21 bits per heavy atom. The summed E-state index contributed by atoms with van der Waals surface area (Å²) in [5.41, 5.74) is 1.28. The standard InChI is InChI=1S/C14H16ClN3S/c1-10-16-17-14(19-10)9-18-7-6-11(8-18)12-4-2-3-5-13(12)15/h2-5,11H,6-9H2,1H3/t11-/m1/s1. The fourth-order valence-electron chi connectivity index (χ4n) is 2.63. The van der Waals surface area contributed by atoms with E-state index in [1.165, 1.54) is 12.0 Å². The normalized spacial score (nSPS) is 20.0. The molecule has 0 bridgehead atoms. The van der Waals surface area contributed by atoms with Crippen LogP contribution in [0.5, 0.6) is 0 Å². The van der Waals surface area contributed by atoms with Crippen molar-refractivity contribution in [1.29, 1.82) is 0 Å². The topological polar surface area (TPSA) is 29.0 Å². The van der Waals surface area contributed by atoms with Crippen LogP contribution in [0.15, 0.2) is 24.3 Å². The van der Waals surface area contributed by atoms with Crippen molar-refractivity contribution >= 4 is 22.9 Å². The van der Waals surface area contributed by atoms with Crippen molar-refractivity contribution in [1.82, 2.24) is 15.1 Å². The molecule has 3 nitrogen and oxygen atoms in total. The van der Waals surface area contributed by atoms with Crippen LogP contribution in [-0.2, 0) is 6.54 Å². The molecule has 0 saturated carbocycles. The van der Waals surface area contributed by atoms with Gasteiger partial charge in [0.05, 0.1) is 6.54 Å². The van der Waals surface area contributed by atoms with Crippen LogP contribution in [0.3, 0.4) is 0 Å². The number of hydrogen-bond donors (Lipinski definition) is 0. The summed E-state index contributed by atoms with van der Waals surface area (Å²) < 4.78 is 0. The minimum atomic E-state index is 0.544. The highest BCUT2D eigenvalue weighted by atomic mass is 35.5. The Balaban J connectivity index is 1.66. The van der Waals surface area contributed by atoms with Crippen LogP contribution in [0.4, 0.5) is 0 Å². The number of aromatic nitrogens is 2. The summed E-state index contributed by atoms with van der Waals surface area (Å²) in [5.74, 6) is 0.544. The molecule has 1 aliphatic heterocycles. The minimum absolute atomic E-state index is 0.544. The fourth-order valence-corrected chi connectivity index (χ4v) is 3.67. The fraction of sp³-hybridized carbons (Fsp3) is 0.429. The van der Waals surface area contributed by atoms with Gasteiger partial charge in [-0.05, 0) is 37.4 Å². The molecule has 3 rings (SSSR count). The molecule has 0 spiro atoms. The van der Waals surface area contributed by atoms with E-state index in [1.54, 1.807) is 11.3 Å². The van der Waals surface area contributed by atoms with E-state index in [9.17, 15) is 0 Å². The van der Waals surface area contributed by atoms with Gasteiger partial charge in [-0.3, -0.25) is 4.90 Å². The van der Waals surface area contributed by atoms with Crippen molar-refractivity contribution in [2.45, 2.75) is 25.8 Å². The Hall–Kier alpha value is -0.970. The second-order valence-electron chi connectivity index (χ2n) is 4.96. The molecule has 100 valence electrons. The van der Waals surface area contributed by atoms with E-state index in [1.807, 2.05) is 19.1 Å². The van der Waals surface area contributed by atoms with Gasteiger partial charge in [-0.1, -0.05) is 29.8 Å². The zero-order valence-electron chi connectivity index (χ0n) is 10.8. The maximum absolute atomic E-state index is 6.28. The summed E-state index contributed by atoms with van der Waals surface area (Å²) in [6.45, 7) is 5.07. The Morgan fingerprint density at radius 1 is 1.37 bits per heavy atom. The summed E-state index contributed by atoms with van der Waals surface area (Å²) >= 11 is 7.96. The Morgan fingerprint density at radius 3 is 2.95 bits per heavy atom. The van der Waals surface area contributed by atoms with Crippen LogP contribution in [0.1, 0.15) is 27.9 Å². The Labute approximate surface area is 122 Å². The molecule has 0 aliphatic carbocycles. The third-order valence-electron chi connectivity index (χ3n) is 3.54. The third-order valence-corrected chi connectivity index (χ3v) is 4.71. The first-order chi connectivity index (χ1) is 9.22. The van der Waals surface area contributed by atoms with Gasteiger partial charge in [0, 0.05) is 11.6 Å². The van der Waals surface area contributed by atoms with Crippen LogP contribution in [0, 0.1) is 6.92 Å². The molecule has 2 heterocycles. The molecule has 1 aliphatic rings. The van der Waals surface area contributed by atoms with Crippen molar-refractivity contribution in [2.24, 2.45) is 0 Å². The van der Waals surface area contributed by atoms with Crippen LogP contribution in [0.2, 0.25) is 5.02 Å². The van der Waals surface area contributed by atoms with Crippen LogP contribution in [0.25, 0.3) is 0 Å². The Bertz CT molecular complexity index is 569. The van der Waals surface area contributed by atoms with E-state index >= 15 is 0 Å². The Kier molecular flexibility index (Phi) is 3.82. The minimum Gasteiger partial charge on any atom is -0.296 e. The van der Waals surface area contributed by atoms with Gasteiger partial charge in [-0.25, -0.2) is 0 Å². The predicted octanol–water partition coefficient (Wildman–Crippen LogP) is 3.49. The second-order valence-corrected chi connectivity index (χ2v) is 6.63. The lowest BCUT2D eigenvalue weighted by atomic mass is 9.98. The van der Waals surface area contributed by atoms with Gasteiger partial charge in [0.15, 0.2) is 0 Å². The second kappa shape index (κ2) is 5.57. The van der Waals surface area contributed by atoms with Gasteiger partial charge in [-0.15, -0.1) is 21.5 Å². The number of nitrogens with zero attached hydrogens (tertiary/aromatic N) is 3.